The Hall–Kier alpha value is -1.35. The van der Waals surface area contributed by atoms with Gasteiger partial charge in [-0.3, -0.25) is 0 Å². The molecule has 112 valence electrons. The molecule has 20 heavy (non-hydrogen) atoms. The zero-order valence-corrected chi connectivity index (χ0v) is 13.4. The van der Waals surface area contributed by atoms with E-state index in [1.807, 2.05) is 6.08 Å². The summed E-state index contributed by atoms with van der Waals surface area (Å²) in [6.07, 6.45) is 4.03. The predicted octanol–water partition coefficient (Wildman–Crippen LogP) is 3.54. The van der Waals surface area contributed by atoms with Crippen molar-refractivity contribution in [1.82, 2.24) is 10.3 Å². The van der Waals surface area contributed by atoms with E-state index in [2.05, 4.69) is 56.6 Å². The third kappa shape index (κ3) is 5.33. The van der Waals surface area contributed by atoms with E-state index in [4.69, 9.17) is 4.98 Å². The number of nitrogens with one attached hydrogen (secondary N) is 1. The maximum atomic E-state index is 4.77. The summed E-state index contributed by atoms with van der Waals surface area (Å²) in [5, 5.41) is 3.48. The lowest BCUT2D eigenvalue weighted by molar-refractivity contribution is 0.588. The molecule has 0 unspecified atom stereocenters. The van der Waals surface area contributed by atoms with Crippen LogP contribution in [0, 0.1) is 0 Å². The first kappa shape index (κ1) is 16.7. The van der Waals surface area contributed by atoms with Gasteiger partial charge in [-0.05, 0) is 30.5 Å². The van der Waals surface area contributed by atoms with E-state index >= 15 is 0 Å². The number of anilines is 1. The molecule has 1 rings (SSSR count). The Balaban J connectivity index is 2.97. The summed E-state index contributed by atoms with van der Waals surface area (Å²) in [7, 11) is 0. The quantitative estimate of drug-likeness (QED) is 0.699. The van der Waals surface area contributed by atoms with Crippen LogP contribution in [0.4, 0.5) is 5.82 Å². The Bertz CT molecular complexity index is 413. The molecule has 0 saturated carbocycles. The first-order valence-corrected chi connectivity index (χ1v) is 7.69. The summed E-state index contributed by atoms with van der Waals surface area (Å²) in [5.74, 6) is 1.08. The molecule has 0 aromatic carbocycles. The van der Waals surface area contributed by atoms with Gasteiger partial charge in [0.1, 0.15) is 5.82 Å². The second-order valence-corrected chi connectivity index (χ2v) is 5.45. The third-order valence-electron chi connectivity index (χ3n) is 3.17. The van der Waals surface area contributed by atoms with Gasteiger partial charge in [0.25, 0.3) is 0 Å². The fourth-order valence-corrected chi connectivity index (χ4v) is 2.13. The minimum atomic E-state index is 0.497. The van der Waals surface area contributed by atoms with Crippen LogP contribution in [0.5, 0.6) is 0 Å². The van der Waals surface area contributed by atoms with Crippen LogP contribution >= 0.6 is 0 Å². The second kappa shape index (κ2) is 8.75. The maximum absolute atomic E-state index is 4.77. The summed E-state index contributed by atoms with van der Waals surface area (Å²) in [5.41, 5.74) is 2.47. The van der Waals surface area contributed by atoms with E-state index in [1.54, 1.807) is 0 Å². The molecule has 3 nitrogen and oxygen atoms in total. The number of hydrogen-bond donors (Lipinski definition) is 1. The van der Waals surface area contributed by atoms with Gasteiger partial charge in [-0.15, -0.1) is 6.58 Å². The lowest BCUT2D eigenvalue weighted by Gasteiger charge is -2.23. The van der Waals surface area contributed by atoms with Crippen LogP contribution in [0.15, 0.2) is 24.8 Å². The van der Waals surface area contributed by atoms with E-state index in [9.17, 15) is 0 Å². The fourth-order valence-electron chi connectivity index (χ4n) is 2.13. The summed E-state index contributed by atoms with van der Waals surface area (Å²) in [4.78, 5) is 7.06. The molecule has 0 saturated heterocycles. The topological polar surface area (TPSA) is 28.2 Å². The Morgan fingerprint density at radius 3 is 2.65 bits per heavy atom. The molecule has 0 amide bonds. The zero-order chi connectivity index (χ0) is 15.0. The second-order valence-electron chi connectivity index (χ2n) is 5.45. The molecule has 1 aromatic rings. The highest BCUT2D eigenvalue weighted by atomic mass is 15.2. The number of nitrogens with zero attached hydrogens (tertiary/aromatic N) is 2. The van der Waals surface area contributed by atoms with Crippen molar-refractivity contribution in [2.45, 2.75) is 53.1 Å². The molecule has 0 spiro atoms. The van der Waals surface area contributed by atoms with Crippen LogP contribution < -0.4 is 10.2 Å². The Morgan fingerprint density at radius 2 is 2.10 bits per heavy atom. The molecular formula is C17H29N3. The molecule has 1 aromatic heterocycles. The van der Waals surface area contributed by atoms with Crippen molar-refractivity contribution in [3.05, 3.63) is 36.0 Å². The van der Waals surface area contributed by atoms with Crippen LogP contribution in [-0.2, 0) is 13.0 Å². The Morgan fingerprint density at radius 1 is 1.35 bits per heavy atom. The highest BCUT2D eigenvalue weighted by Crippen LogP contribution is 2.16. The summed E-state index contributed by atoms with van der Waals surface area (Å²) >= 11 is 0. The van der Waals surface area contributed by atoms with Crippen molar-refractivity contribution in [2.24, 2.45) is 0 Å². The van der Waals surface area contributed by atoms with Crippen molar-refractivity contribution in [1.29, 1.82) is 0 Å². The van der Waals surface area contributed by atoms with Crippen molar-refractivity contribution in [3.63, 3.8) is 0 Å². The van der Waals surface area contributed by atoms with Gasteiger partial charge in [0.05, 0.1) is 0 Å². The van der Waals surface area contributed by atoms with Gasteiger partial charge in [-0.2, -0.15) is 0 Å². The van der Waals surface area contributed by atoms with E-state index in [0.29, 0.717) is 6.04 Å². The standard InChI is InChI=1S/C17H29N3/c1-6-9-20(10-7-2)17-12-15(13-18-14(4)5)11-16(8-3)19-17/h6,11-12,14,18H,1,7-10,13H2,2-5H3. The third-order valence-corrected chi connectivity index (χ3v) is 3.17. The molecule has 0 atom stereocenters. The molecule has 1 heterocycles. The van der Waals surface area contributed by atoms with E-state index in [0.717, 1.165) is 44.0 Å². The number of hydrogen-bond acceptors (Lipinski definition) is 3. The molecule has 0 radical (unpaired) electrons. The highest BCUT2D eigenvalue weighted by Gasteiger charge is 2.09. The monoisotopic (exact) mass is 275 g/mol. The van der Waals surface area contributed by atoms with Crippen molar-refractivity contribution < 1.29 is 0 Å². The van der Waals surface area contributed by atoms with Gasteiger partial charge < -0.3 is 10.2 Å². The number of aryl methyl sites for hydroxylation is 1. The first-order chi connectivity index (χ1) is 9.60. The van der Waals surface area contributed by atoms with Gasteiger partial charge in [-0.25, -0.2) is 4.98 Å². The van der Waals surface area contributed by atoms with E-state index in [1.165, 1.54) is 5.56 Å². The normalized spacial score (nSPS) is 10.8. The van der Waals surface area contributed by atoms with Crippen LogP contribution in [-0.4, -0.2) is 24.1 Å². The lowest BCUT2D eigenvalue weighted by Crippen LogP contribution is -2.26. The minimum absolute atomic E-state index is 0.497. The van der Waals surface area contributed by atoms with Crippen molar-refractivity contribution in [3.8, 4) is 0 Å². The SMILES string of the molecule is C=CCN(CCC)c1cc(CNC(C)C)cc(CC)n1. The van der Waals surface area contributed by atoms with E-state index < -0.39 is 0 Å². The average Bonchev–Trinajstić information content (AvgIpc) is 2.44. The zero-order valence-electron chi connectivity index (χ0n) is 13.4. The average molecular weight is 275 g/mol. The van der Waals surface area contributed by atoms with Crippen LogP contribution in [0.1, 0.15) is 45.4 Å². The fraction of sp³-hybridized carbons (Fsp3) is 0.588. The highest BCUT2D eigenvalue weighted by molar-refractivity contribution is 5.43. The predicted molar refractivity (Wildman–Crippen MR) is 88.3 cm³/mol. The van der Waals surface area contributed by atoms with Gasteiger partial charge in [0, 0.05) is 31.4 Å². The summed E-state index contributed by atoms with van der Waals surface area (Å²) in [6, 6.07) is 4.90. The molecule has 0 aliphatic rings. The van der Waals surface area contributed by atoms with Crippen LogP contribution in [0.25, 0.3) is 0 Å². The number of pyridine rings is 1. The Labute approximate surface area is 124 Å². The lowest BCUT2D eigenvalue weighted by atomic mass is 10.1. The number of aromatic nitrogens is 1. The summed E-state index contributed by atoms with van der Waals surface area (Å²) < 4.78 is 0. The van der Waals surface area contributed by atoms with Crippen LogP contribution in [0.3, 0.4) is 0 Å². The first-order valence-electron chi connectivity index (χ1n) is 7.69. The summed E-state index contributed by atoms with van der Waals surface area (Å²) in [6.45, 7) is 15.3. The molecule has 3 heteroatoms. The Kier molecular flexibility index (Phi) is 7.31. The van der Waals surface area contributed by atoms with Gasteiger partial charge in [0.15, 0.2) is 0 Å². The van der Waals surface area contributed by atoms with Crippen molar-refractivity contribution >= 4 is 5.82 Å². The molecule has 0 aliphatic carbocycles. The molecule has 0 fully saturated rings. The smallest absolute Gasteiger partial charge is 0.129 e. The van der Waals surface area contributed by atoms with Gasteiger partial charge in [0.2, 0.25) is 0 Å². The number of rotatable bonds is 9. The van der Waals surface area contributed by atoms with Gasteiger partial charge in [-0.1, -0.05) is 33.8 Å². The van der Waals surface area contributed by atoms with E-state index in [-0.39, 0.29) is 0 Å². The molecular weight excluding hydrogens is 246 g/mol. The van der Waals surface area contributed by atoms with Gasteiger partial charge >= 0.3 is 0 Å². The molecule has 0 aliphatic heterocycles. The molecule has 1 N–H and O–H groups in total. The van der Waals surface area contributed by atoms with Crippen molar-refractivity contribution in [2.75, 3.05) is 18.0 Å². The minimum Gasteiger partial charge on any atom is -0.353 e. The van der Waals surface area contributed by atoms with Crippen LogP contribution in [0.2, 0.25) is 0 Å². The maximum Gasteiger partial charge on any atom is 0.129 e. The molecule has 0 bridgehead atoms. The largest absolute Gasteiger partial charge is 0.353 e.